The molecule has 1 amide bonds. The van der Waals surface area contributed by atoms with Crippen molar-refractivity contribution in [2.75, 3.05) is 17.7 Å². The third-order valence-electron chi connectivity index (χ3n) is 3.21. The summed E-state index contributed by atoms with van der Waals surface area (Å²) in [5.41, 5.74) is 10.3. The normalized spacial score (nSPS) is 10.2. The van der Waals surface area contributed by atoms with Crippen molar-refractivity contribution >= 4 is 17.3 Å². The Bertz CT molecular complexity index is 646. The second-order valence-electron chi connectivity index (χ2n) is 5.18. The average Bonchev–Trinajstić information content (AvgIpc) is 2.41. The molecular weight excluding hydrogens is 264 g/mol. The van der Waals surface area contributed by atoms with Crippen LogP contribution in [0.3, 0.4) is 0 Å². The molecule has 0 heterocycles. The van der Waals surface area contributed by atoms with E-state index in [1.165, 1.54) is 0 Å². The molecule has 0 fully saturated rings. The number of hydrogen-bond acceptors (Lipinski definition) is 3. The predicted molar refractivity (Wildman–Crippen MR) is 85.6 cm³/mol. The highest BCUT2D eigenvalue weighted by atomic mass is 16.5. The molecule has 3 N–H and O–H groups in total. The fraction of sp³-hybridized carbons (Fsp3) is 0.235. The largest absolute Gasteiger partial charge is 0.484 e. The second kappa shape index (κ2) is 6.31. The van der Waals surface area contributed by atoms with Crippen LogP contribution in [0.15, 0.2) is 36.4 Å². The maximum atomic E-state index is 11.9. The lowest BCUT2D eigenvalue weighted by atomic mass is 10.1. The fourth-order valence-corrected chi connectivity index (χ4v) is 2.14. The van der Waals surface area contributed by atoms with Crippen molar-refractivity contribution in [2.45, 2.75) is 20.8 Å². The number of nitrogens with one attached hydrogen (secondary N) is 1. The van der Waals surface area contributed by atoms with E-state index >= 15 is 0 Å². The number of rotatable bonds is 4. The van der Waals surface area contributed by atoms with E-state index in [1.54, 1.807) is 6.07 Å². The Hall–Kier alpha value is -2.49. The molecule has 0 aliphatic carbocycles. The van der Waals surface area contributed by atoms with Crippen LogP contribution in [0.1, 0.15) is 16.7 Å². The molecule has 0 bridgehead atoms. The SMILES string of the molecule is Cc1cc(C)cc(OCC(=O)Nc2cccc(N)c2C)c1. The van der Waals surface area contributed by atoms with Gasteiger partial charge in [-0.25, -0.2) is 0 Å². The molecule has 0 spiro atoms. The highest BCUT2D eigenvalue weighted by Crippen LogP contribution is 2.20. The number of ether oxygens (including phenoxy) is 1. The monoisotopic (exact) mass is 284 g/mol. The van der Waals surface area contributed by atoms with Crippen molar-refractivity contribution in [3.8, 4) is 5.75 Å². The first-order valence-corrected chi connectivity index (χ1v) is 6.82. The molecule has 0 radical (unpaired) electrons. The van der Waals surface area contributed by atoms with Gasteiger partial charge in [0.05, 0.1) is 0 Å². The van der Waals surface area contributed by atoms with Gasteiger partial charge in [0, 0.05) is 11.4 Å². The summed E-state index contributed by atoms with van der Waals surface area (Å²) in [6.07, 6.45) is 0. The Balaban J connectivity index is 1.97. The highest BCUT2D eigenvalue weighted by Gasteiger charge is 2.07. The van der Waals surface area contributed by atoms with Gasteiger partial charge in [0.2, 0.25) is 0 Å². The Morgan fingerprint density at radius 2 is 1.81 bits per heavy atom. The zero-order valence-electron chi connectivity index (χ0n) is 12.6. The third kappa shape index (κ3) is 3.99. The molecule has 4 nitrogen and oxygen atoms in total. The zero-order valence-corrected chi connectivity index (χ0v) is 12.6. The van der Waals surface area contributed by atoms with Crippen LogP contribution in [-0.2, 0) is 4.79 Å². The summed E-state index contributed by atoms with van der Waals surface area (Å²) < 4.78 is 5.53. The molecule has 0 saturated carbocycles. The van der Waals surface area contributed by atoms with Crippen LogP contribution in [0.4, 0.5) is 11.4 Å². The summed E-state index contributed by atoms with van der Waals surface area (Å²) in [5.74, 6) is 0.495. The van der Waals surface area contributed by atoms with E-state index in [4.69, 9.17) is 10.5 Å². The molecule has 0 atom stereocenters. The van der Waals surface area contributed by atoms with Crippen LogP contribution in [0.5, 0.6) is 5.75 Å². The van der Waals surface area contributed by atoms with Crippen LogP contribution < -0.4 is 15.8 Å². The Morgan fingerprint density at radius 1 is 1.14 bits per heavy atom. The molecule has 4 heteroatoms. The lowest BCUT2D eigenvalue weighted by Crippen LogP contribution is -2.20. The minimum Gasteiger partial charge on any atom is -0.484 e. The molecule has 0 aliphatic rings. The van der Waals surface area contributed by atoms with Gasteiger partial charge in [0.15, 0.2) is 6.61 Å². The number of carbonyl (C=O) groups excluding carboxylic acids is 1. The molecular formula is C17H20N2O2. The first-order chi connectivity index (χ1) is 9.95. The van der Waals surface area contributed by atoms with Gasteiger partial charge in [0.1, 0.15) is 5.75 Å². The number of benzene rings is 2. The summed E-state index contributed by atoms with van der Waals surface area (Å²) in [6.45, 7) is 5.83. The van der Waals surface area contributed by atoms with Gasteiger partial charge in [0.25, 0.3) is 5.91 Å². The number of nitrogen functional groups attached to an aromatic ring is 1. The lowest BCUT2D eigenvalue weighted by Gasteiger charge is -2.11. The van der Waals surface area contributed by atoms with Gasteiger partial charge in [-0.05, 0) is 61.7 Å². The van der Waals surface area contributed by atoms with Gasteiger partial charge in [-0.1, -0.05) is 12.1 Å². The molecule has 110 valence electrons. The minimum atomic E-state index is -0.206. The van der Waals surface area contributed by atoms with Gasteiger partial charge < -0.3 is 15.8 Å². The Morgan fingerprint density at radius 3 is 2.48 bits per heavy atom. The smallest absolute Gasteiger partial charge is 0.262 e. The molecule has 2 aromatic rings. The van der Waals surface area contributed by atoms with E-state index in [1.807, 2.05) is 45.0 Å². The Labute approximate surface area is 124 Å². The quantitative estimate of drug-likeness (QED) is 0.847. The third-order valence-corrected chi connectivity index (χ3v) is 3.21. The number of carbonyl (C=O) groups is 1. The van der Waals surface area contributed by atoms with Crippen molar-refractivity contribution in [1.82, 2.24) is 0 Å². The van der Waals surface area contributed by atoms with Crippen LogP contribution >= 0.6 is 0 Å². The van der Waals surface area contributed by atoms with E-state index in [0.29, 0.717) is 17.1 Å². The number of hydrogen-bond donors (Lipinski definition) is 2. The van der Waals surface area contributed by atoms with Gasteiger partial charge in [-0.15, -0.1) is 0 Å². The zero-order chi connectivity index (χ0) is 15.4. The predicted octanol–water partition coefficient (Wildman–Crippen LogP) is 3.21. The van der Waals surface area contributed by atoms with Gasteiger partial charge >= 0.3 is 0 Å². The molecule has 0 saturated heterocycles. The summed E-state index contributed by atoms with van der Waals surface area (Å²) in [6, 6.07) is 11.3. The number of nitrogens with two attached hydrogens (primary N) is 1. The minimum absolute atomic E-state index is 0.0306. The maximum Gasteiger partial charge on any atom is 0.262 e. The Kier molecular flexibility index (Phi) is 4.48. The van der Waals surface area contributed by atoms with Crippen molar-refractivity contribution < 1.29 is 9.53 Å². The molecule has 21 heavy (non-hydrogen) atoms. The number of anilines is 2. The van der Waals surface area contributed by atoms with E-state index < -0.39 is 0 Å². The number of amides is 1. The fourth-order valence-electron chi connectivity index (χ4n) is 2.14. The van der Waals surface area contributed by atoms with Crippen LogP contribution in [0.2, 0.25) is 0 Å². The van der Waals surface area contributed by atoms with Crippen molar-refractivity contribution in [3.05, 3.63) is 53.1 Å². The maximum absolute atomic E-state index is 11.9. The molecule has 2 rings (SSSR count). The van der Waals surface area contributed by atoms with Crippen LogP contribution in [-0.4, -0.2) is 12.5 Å². The summed E-state index contributed by atoms with van der Waals surface area (Å²) in [7, 11) is 0. The van der Waals surface area contributed by atoms with E-state index in [-0.39, 0.29) is 12.5 Å². The van der Waals surface area contributed by atoms with Crippen molar-refractivity contribution in [3.63, 3.8) is 0 Å². The first-order valence-electron chi connectivity index (χ1n) is 6.82. The average molecular weight is 284 g/mol. The lowest BCUT2D eigenvalue weighted by molar-refractivity contribution is -0.118. The van der Waals surface area contributed by atoms with Gasteiger partial charge in [-0.2, -0.15) is 0 Å². The molecule has 0 aromatic heterocycles. The van der Waals surface area contributed by atoms with Crippen LogP contribution in [0.25, 0.3) is 0 Å². The van der Waals surface area contributed by atoms with Crippen molar-refractivity contribution in [1.29, 1.82) is 0 Å². The topological polar surface area (TPSA) is 64.3 Å². The number of aryl methyl sites for hydroxylation is 2. The highest BCUT2D eigenvalue weighted by molar-refractivity contribution is 5.93. The standard InChI is InChI=1S/C17H20N2O2/c1-11-7-12(2)9-14(8-11)21-10-17(20)19-16-6-4-5-15(18)13(16)3/h4-9H,10,18H2,1-3H3,(H,19,20). The van der Waals surface area contributed by atoms with Crippen molar-refractivity contribution in [2.24, 2.45) is 0 Å². The summed E-state index contributed by atoms with van der Waals surface area (Å²) in [4.78, 5) is 11.9. The first kappa shape index (κ1) is 14.9. The summed E-state index contributed by atoms with van der Waals surface area (Å²) in [5, 5.41) is 2.81. The van der Waals surface area contributed by atoms with Crippen LogP contribution in [0, 0.1) is 20.8 Å². The van der Waals surface area contributed by atoms with E-state index in [9.17, 15) is 4.79 Å². The molecule has 2 aromatic carbocycles. The van der Waals surface area contributed by atoms with E-state index in [2.05, 4.69) is 11.4 Å². The summed E-state index contributed by atoms with van der Waals surface area (Å²) >= 11 is 0. The van der Waals surface area contributed by atoms with E-state index in [0.717, 1.165) is 16.7 Å². The van der Waals surface area contributed by atoms with Gasteiger partial charge in [-0.3, -0.25) is 4.79 Å². The second-order valence-corrected chi connectivity index (χ2v) is 5.18. The molecule has 0 unspecified atom stereocenters. The molecule has 0 aliphatic heterocycles.